The van der Waals surface area contributed by atoms with E-state index in [4.69, 9.17) is 50.2 Å². The molecule has 0 unspecified atom stereocenters. The zero-order chi connectivity index (χ0) is 14.5. The third-order valence-electron chi connectivity index (χ3n) is 2.24. The Bertz CT molecular complexity index is 508. The molecule has 0 atom stereocenters. The van der Waals surface area contributed by atoms with Gasteiger partial charge < -0.3 is 4.74 Å². The number of halogens is 4. The summed E-state index contributed by atoms with van der Waals surface area (Å²) in [5.74, 6) is 0.356. The molecule has 0 radical (unpaired) electrons. The second-order valence-corrected chi connectivity index (χ2v) is 8.00. The first kappa shape index (κ1) is 17.2. The van der Waals surface area contributed by atoms with Crippen molar-refractivity contribution >= 4 is 54.5 Å². The Morgan fingerprint density at radius 1 is 1.00 bits per heavy atom. The van der Waals surface area contributed by atoms with Crippen molar-refractivity contribution in [1.82, 2.24) is 0 Å². The first-order valence-corrected chi connectivity index (χ1v) is 9.10. The van der Waals surface area contributed by atoms with Crippen LogP contribution < -0.4 is 4.74 Å². The van der Waals surface area contributed by atoms with E-state index in [9.17, 15) is 8.42 Å². The van der Waals surface area contributed by atoms with Crippen molar-refractivity contribution in [3.63, 3.8) is 0 Å². The van der Waals surface area contributed by atoms with Crippen molar-refractivity contribution in [3.8, 4) is 5.75 Å². The zero-order valence-corrected chi connectivity index (χ0v) is 13.7. The Hall–Kier alpha value is 0.130. The fourth-order valence-electron chi connectivity index (χ4n) is 1.39. The molecule has 108 valence electrons. The highest BCUT2D eigenvalue weighted by atomic mass is 35.7. The number of hydrogen-bond donors (Lipinski definition) is 0. The first-order valence-electron chi connectivity index (χ1n) is 5.49. The molecular formula is C11H12Cl4O3S. The van der Waals surface area contributed by atoms with Gasteiger partial charge in [-0.3, -0.25) is 0 Å². The van der Waals surface area contributed by atoms with Crippen LogP contribution in [0.15, 0.2) is 12.1 Å². The fourth-order valence-corrected chi connectivity index (χ4v) is 3.20. The molecule has 0 bridgehead atoms. The Morgan fingerprint density at radius 2 is 1.58 bits per heavy atom. The van der Waals surface area contributed by atoms with Crippen molar-refractivity contribution in [3.05, 3.63) is 27.2 Å². The van der Waals surface area contributed by atoms with E-state index in [-0.39, 0.29) is 5.75 Å². The second kappa shape index (κ2) is 7.79. The van der Waals surface area contributed by atoms with Crippen LogP contribution in [0.3, 0.4) is 0 Å². The minimum atomic E-state index is -3.41. The van der Waals surface area contributed by atoms with Crippen molar-refractivity contribution in [1.29, 1.82) is 0 Å². The fraction of sp³-hybridized carbons (Fsp3) is 0.455. The van der Waals surface area contributed by atoms with E-state index in [1.54, 1.807) is 12.1 Å². The summed E-state index contributed by atoms with van der Waals surface area (Å²) >= 11 is 17.7. The maximum Gasteiger partial charge on any atom is 0.232 e. The molecule has 0 aliphatic carbocycles. The average Bonchev–Trinajstić information content (AvgIpc) is 2.24. The van der Waals surface area contributed by atoms with Gasteiger partial charge in [-0.2, -0.15) is 0 Å². The molecule has 0 saturated carbocycles. The second-order valence-electron chi connectivity index (χ2n) is 3.85. The van der Waals surface area contributed by atoms with Gasteiger partial charge in [0.25, 0.3) is 0 Å². The van der Waals surface area contributed by atoms with Crippen molar-refractivity contribution in [2.75, 3.05) is 12.4 Å². The molecule has 0 spiro atoms. The lowest BCUT2D eigenvalue weighted by atomic mass is 10.2. The summed E-state index contributed by atoms with van der Waals surface area (Å²) in [7, 11) is 1.68. The molecule has 8 heteroatoms. The minimum Gasteiger partial charge on any atom is -0.490 e. The smallest absolute Gasteiger partial charge is 0.232 e. The quantitative estimate of drug-likeness (QED) is 0.516. The van der Waals surface area contributed by atoms with Crippen molar-refractivity contribution in [2.24, 2.45) is 0 Å². The molecule has 3 nitrogen and oxygen atoms in total. The summed E-state index contributed by atoms with van der Waals surface area (Å²) in [6.07, 6.45) is 1.87. The van der Waals surface area contributed by atoms with E-state index in [1.807, 2.05) is 0 Å². The zero-order valence-electron chi connectivity index (χ0n) is 9.84. The predicted octanol–water partition coefficient (Wildman–Crippen LogP) is 4.76. The van der Waals surface area contributed by atoms with Gasteiger partial charge in [-0.15, -0.1) is 0 Å². The highest BCUT2D eigenvalue weighted by Gasteiger charge is 2.09. The van der Waals surface area contributed by atoms with E-state index in [0.29, 0.717) is 46.7 Å². The molecule has 0 aromatic heterocycles. The monoisotopic (exact) mass is 364 g/mol. The van der Waals surface area contributed by atoms with E-state index in [1.165, 1.54) is 0 Å². The van der Waals surface area contributed by atoms with E-state index in [2.05, 4.69) is 0 Å². The first-order chi connectivity index (χ1) is 8.79. The van der Waals surface area contributed by atoms with Gasteiger partial charge in [0, 0.05) is 15.7 Å². The number of hydrogen-bond acceptors (Lipinski definition) is 3. The van der Waals surface area contributed by atoms with Crippen LogP contribution in [0.2, 0.25) is 15.1 Å². The van der Waals surface area contributed by atoms with Gasteiger partial charge in [0.15, 0.2) is 5.75 Å². The van der Waals surface area contributed by atoms with Crippen LogP contribution in [0.4, 0.5) is 0 Å². The summed E-state index contributed by atoms with van der Waals surface area (Å²) in [4.78, 5) is 0. The Kier molecular flexibility index (Phi) is 7.05. The summed E-state index contributed by atoms with van der Waals surface area (Å²) < 4.78 is 26.8. The van der Waals surface area contributed by atoms with Crippen LogP contribution >= 0.6 is 45.5 Å². The van der Waals surface area contributed by atoms with Gasteiger partial charge in [-0.05, 0) is 31.4 Å². The van der Waals surface area contributed by atoms with Crippen LogP contribution in [0.1, 0.15) is 19.3 Å². The number of benzene rings is 1. The average molecular weight is 366 g/mol. The Labute approximate surface area is 132 Å². The SMILES string of the molecule is O=S(=O)(Cl)CCCCCOc1c(Cl)cc(Cl)cc1Cl. The van der Waals surface area contributed by atoms with Crippen LogP contribution in [-0.2, 0) is 9.05 Å². The van der Waals surface area contributed by atoms with Gasteiger partial charge in [0.1, 0.15) is 0 Å². The third-order valence-corrected chi connectivity index (χ3v) is 4.26. The van der Waals surface area contributed by atoms with Gasteiger partial charge in [-0.1, -0.05) is 34.8 Å². The van der Waals surface area contributed by atoms with Crippen LogP contribution in [0.25, 0.3) is 0 Å². The lowest BCUT2D eigenvalue weighted by Crippen LogP contribution is -2.01. The maximum atomic E-state index is 10.7. The van der Waals surface area contributed by atoms with Gasteiger partial charge in [-0.25, -0.2) is 8.42 Å². The largest absolute Gasteiger partial charge is 0.490 e. The van der Waals surface area contributed by atoms with Crippen molar-refractivity contribution < 1.29 is 13.2 Å². The molecule has 0 saturated heterocycles. The third kappa shape index (κ3) is 6.91. The molecule has 1 aromatic rings. The topological polar surface area (TPSA) is 43.4 Å². The molecule has 0 aliphatic heterocycles. The summed E-state index contributed by atoms with van der Waals surface area (Å²) in [5.41, 5.74) is 0. The Morgan fingerprint density at radius 3 is 2.11 bits per heavy atom. The minimum absolute atomic E-state index is 0.0307. The standard InChI is InChI=1S/C11H12Cl4O3S/c12-8-6-9(13)11(10(14)7-8)18-4-2-1-3-5-19(15,16)17/h6-7H,1-5H2. The number of unbranched alkanes of at least 4 members (excludes halogenated alkanes) is 2. The molecule has 0 N–H and O–H groups in total. The van der Waals surface area contributed by atoms with E-state index in [0.717, 1.165) is 0 Å². The lowest BCUT2D eigenvalue weighted by molar-refractivity contribution is 0.306. The van der Waals surface area contributed by atoms with Crippen LogP contribution in [-0.4, -0.2) is 20.8 Å². The number of ether oxygens (including phenoxy) is 1. The molecule has 0 aliphatic rings. The highest BCUT2D eigenvalue weighted by molar-refractivity contribution is 8.13. The summed E-state index contributed by atoms with van der Waals surface area (Å²) in [6, 6.07) is 3.09. The molecule has 0 fully saturated rings. The van der Waals surface area contributed by atoms with E-state index >= 15 is 0 Å². The summed E-state index contributed by atoms with van der Waals surface area (Å²) in [6.45, 7) is 0.392. The van der Waals surface area contributed by atoms with Crippen LogP contribution in [0, 0.1) is 0 Å². The Balaban J connectivity index is 2.34. The molecule has 0 heterocycles. The highest BCUT2D eigenvalue weighted by Crippen LogP contribution is 2.35. The molecule has 19 heavy (non-hydrogen) atoms. The molecule has 1 rings (SSSR count). The normalized spacial score (nSPS) is 11.6. The van der Waals surface area contributed by atoms with Crippen LogP contribution in [0.5, 0.6) is 5.75 Å². The van der Waals surface area contributed by atoms with Gasteiger partial charge in [0.2, 0.25) is 9.05 Å². The van der Waals surface area contributed by atoms with E-state index < -0.39 is 9.05 Å². The van der Waals surface area contributed by atoms with Gasteiger partial charge >= 0.3 is 0 Å². The predicted molar refractivity (Wildman–Crippen MR) is 80.5 cm³/mol. The molecule has 1 aromatic carbocycles. The summed E-state index contributed by atoms with van der Waals surface area (Å²) in [5, 5.41) is 1.14. The maximum absolute atomic E-state index is 10.7. The molecular weight excluding hydrogens is 354 g/mol. The lowest BCUT2D eigenvalue weighted by Gasteiger charge is -2.10. The molecule has 0 amide bonds. The number of rotatable bonds is 7. The van der Waals surface area contributed by atoms with Gasteiger partial charge in [0.05, 0.1) is 22.4 Å². The van der Waals surface area contributed by atoms with Crippen molar-refractivity contribution in [2.45, 2.75) is 19.3 Å².